The van der Waals surface area contributed by atoms with E-state index >= 15 is 0 Å². The van der Waals surface area contributed by atoms with Crippen molar-refractivity contribution in [2.24, 2.45) is 5.10 Å². The van der Waals surface area contributed by atoms with Crippen molar-refractivity contribution in [1.29, 1.82) is 0 Å². The van der Waals surface area contributed by atoms with E-state index in [9.17, 15) is 4.79 Å². The summed E-state index contributed by atoms with van der Waals surface area (Å²) in [5.41, 5.74) is 4.33. The fourth-order valence-electron chi connectivity index (χ4n) is 3.08. The van der Waals surface area contributed by atoms with Gasteiger partial charge in [-0.25, -0.2) is 5.43 Å². The van der Waals surface area contributed by atoms with Gasteiger partial charge >= 0.3 is 0 Å². The number of carbonyl (C=O) groups is 1. The zero-order valence-electron chi connectivity index (χ0n) is 17.5. The first kappa shape index (κ1) is 22.8. The number of nitrogens with one attached hydrogen (secondary N) is 1. The highest BCUT2D eigenvalue weighted by Gasteiger charge is 2.08. The summed E-state index contributed by atoms with van der Waals surface area (Å²) in [5.74, 6) is 0.983. The maximum atomic E-state index is 12.1. The molecule has 166 valence electrons. The predicted octanol–water partition coefficient (Wildman–Crippen LogP) is 6.36. The molecule has 0 heterocycles. The third-order valence-corrected chi connectivity index (χ3v) is 5.86. The summed E-state index contributed by atoms with van der Waals surface area (Å²) in [6, 6.07) is 26.6. The van der Waals surface area contributed by atoms with Crippen LogP contribution in [0.2, 0.25) is 5.02 Å². The first-order chi connectivity index (χ1) is 16.1. The maximum absolute atomic E-state index is 12.1. The molecule has 0 saturated carbocycles. The van der Waals surface area contributed by atoms with Gasteiger partial charge in [0.2, 0.25) is 0 Å². The van der Waals surface area contributed by atoms with E-state index in [2.05, 4.69) is 26.5 Å². The van der Waals surface area contributed by atoms with E-state index in [4.69, 9.17) is 21.1 Å². The molecular formula is C26H20BrClN2O3. The fraction of sp³-hybridized carbons (Fsp3) is 0.0769. The summed E-state index contributed by atoms with van der Waals surface area (Å²) in [7, 11) is 0. The Bertz CT molecular complexity index is 1280. The molecule has 0 aliphatic heterocycles. The van der Waals surface area contributed by atoms with Crippen LogP contribution >= 0.6 is 27.5 Å². The zero-order valence-corrected chi connectivity index (χ0v) is 19.8. The molecule has 4 rings (SSSR count). The Kier molecular flexibility index (Phi) is 7.60. The lowest BCUT2D eigenvalue weighted by Crippen LogP contribution is -2.24. The van der Waals surface area contributed by atoms with Gasteiger partial charge in [0, 0.05) is 5.02 Å². The lowest BCUT2D eigenvalue weighted by molar-refractivity contribution is -0.123. The van der Waals surface area contributed by atoms with E-state index in [1.165, 1.54) is 0 Å². The van der Waals surface area contributed by atoms with Crippen molar-refractivity contribution >= 4 is 50.4 Å². The number of hydrogen-bond donors (Lipinski definition) is 1. The highest BCUT2D eigenvalue weighted by Crippen LogP contribution is 2.32. The smallest absolute Gasteiger partial charge is 0.277 e. The van der Waals surface area contributed by atoms with Gasteiger partial charge in [0.05, 0.1) is 10.7 Å². The second kappa shape index (κ2) is 11.0. The average Bonchev–Trinajstić information content (AvgIpc) is 2.84. The van der Waals surface area contributed by atoms with E-state index in [-0.39, 0.29) is 12.5 Å². The minimum atomic E-state index is -0.353. The maximum Gasteiger partial charge on any atom is 0.277 e. The van der Waals surface area contributed by atoms with Crippen LogP contribution in [0.1, 0.15) is 11.1 Å². The van der Waals surface area contributed by atoms with Gasteiger partial charge in [-0.05, 0) is 80.3 Å². The van der Waals surface area contributed by atoms with Crippen LogP contribution < -0.4 is 14.9 Å². The van der Waals surface area contributed by atoms with Crippen molar-refractivity contribution in [2.45, 2.75) is 6.61 Å². The number of nitrogens with zero attached hydrogens (tertiary/aromatic N) is 1. The van der Waals surface area contributed by atoms with E-state index in [1.54, 1.807) is 6.21 Å². The molecule has 0 spiro atoms. The molecule has 7 heteroatoms. The molecule has 0 aliphatic rings. The predicted molar refractivity (Wildman–Crippen MR) is 135 cm³/mol. The number of hydrogen-bond acceptors (Lipinski definition) is 4. The lowest BCUT2D eigenvalue weighted by Gasteiger charge is -2.09. The SMILES string of the molecule is O=C(COc1ccc2ccccc2c1Br)N/N=C\c1ccc(OCc2ccc(Cl)cc2)cc1. The van der Waals surface area contributed by atoms with Crippen LogP contribution in [0.3, 0.4) is 0 Å². The number of fused-ring (bicyclic) bond motifs is 1. The van der Waals surface area contributed by atoms with E-state index in [0.717, 1.165) is 32.1 Å². The van der Waals surface area contributed by atoms with E-state index < -0.39 is 0 Å². The summed E-state index contributed by atoms with van der Waals surface area (Å²) in [6.45, 7) is 0.305. The van der Waals surface area contributed by atoms with Gasteiger partial charge in [-0.1, -0.05) is 54.1 Å². The Morgan fingerprint density at radius 3 is 2.48 bits per heavy atom. The third-order valence-electron chi connectivity index (χ3n) is 4.79. The van der Waals surface area contributed by atoms with E-state index in [1.807, 2.05) is 84.9 Å². The molecule has 0 fully saturated rings. The van der Waals surface area contributed by atoms with Crippen molar-refractivity contribution in [3.05, 3.63) is 106 Å². The third kappa shape index (κ3) is 6.34. The molecule has 4 aromatic carbocycles. The van der Waals surface area contributed by atoms with Crippen LogP contribution in [0.4, 0.5) is 0 Å². The molecule has 5 nitrogen and oxygen atoms in total. The molecule has 0 unspecified atom stereocenters. The topological polar surface area (TPSA) is 59.9 Å². The van der Waals surface area contributed by atoms with Crippen LogP contribution in [0.15, 0.2) is 94.5 Å². The number of ether oxygens (including phenoxy) is 2. The minimum Gasteiger partial charge on any atom is -0.489 e. The van der Waals surface area contributed by atoms with Gasteiger partial charge in [-0.3, -0.25) is 4.79 Å². The Hall–Kier alpha value is -3.35. The Morgan fingerprint density at radius 2 is 1.70 bits per heavy atom. The number of benzene rings is 4. The average molecular weight is 524 g/mol. The van der Waals surface area contributed by atoms with Crippen molar-refractivity contribution in [3.63, 3.8) is 0 Å². The standard InChI is InChI=1S/C26H20BrClN2O3/c27-26-23-4-2-1-3-20(23)9-14-24(26)33-17-25(31)30-29-15-18-7-12-22(13-8-18)32-16-19-5-10-21(28)11-6-19/h1-15H,16-17H2,(H,30,31)/b29-15-. The first-order valence-corrected chi connectivity index (χ1v) is 11.3. The number of carbonyl (C=O) groups excluding carboxylic acids is 1. The van der Waals surface area contributed by atoms with Crippen molar-refractivity contribution in [3.8, 4) is 11.5 Å². The molecule has 4 aromatic rings. The Labute approximate surface area is 205 Å². The number of rotatable bonds is 8. The Balaban J connectivity index is 1.24. The van der Waals surface area contributed by atoms with Gasteiger partial charge in [-0.15, -0.1) is 0 Å². The Morgan fingerprint density at radius 1 is 0.939 bits per heavy atom. The van der Waals surface area contributed by atoms with Gasteiger partial charge in [0.25, 0.3) is 5.91 Å². The number of amides is 1. The molecule has 0 aromatic heterocycles. The summed E-state index contributed by atoms with van der Waals surface area (Å²) in [6.07, 6.45) is 1.56. The first-order valence-electron chi connectivity index (χ1n) is 10.2. The monoisotopic (exact) mass is 522 g/mol. The van der Waals surface area contributed by atoms with Crippen LogP contribution in [-0.4, -0.2) is 18.7 Å². The minimum absolute atomic E-state index is 0.147. The van der Waals surface area contributed by atoms with Crippen LogP contribution in [0.5, 0.6) is 11.5 Å². The summed E-state index contributed by atoms with van der Waals surface area (Å²) in [5, 5.41) is 6.80. The normalized spacial score (nSPS) is 11.0. The van der Waals surface area contributed by atoms with Crippen LogP contribution in [-0.2, 0) is 11.4 Å². The summed E-state index contributed by atoms with van der Waals surface area (Å²) in [4.78, 5) is 12.1. The quantitative estimate of drug-likeness (QED) is 0.216. The molecule has 0 radical (unpaired) electrons. The van der Waals surface area contributed by atoms with Gasteiger partial charge in [-0.2, -0.15) is 5.10 Å². The molecule has 0 atom stereocenters. The fourth-order valence-corrected chi connectivity index (χ4v) is 3.81. The van der Waals surface area contributed by atoms with Crippen LogP contribution in [0, 0.1) is 0 Å². The molecule has 0 saturated heterocycles. The highest BCUT2D eigenvalue weighted by atomic mass is 79.9. The molecule has 1 amide bonds. The second-order valence-electron chi connectivity index (χ2n) is 7.16. The van der Waals surface area contributed by atoms with Crippen molar-refractivity contribution in [1.82, 2.24) is 5.43 Å². The summed E-state index contributed by atoms with van der Waals surface area (Å²) >= 11 is 9.44. The number of halogens is 2. The molecule has 0 bridgehead atoms. The molecule has 0 aliphatic carbocycles. The lowest BCUT2D eigenvalue weighted by atomic mass is 10.1. The summed E-state index contributed by atoms with van der Waals surface area (Å²) < 4.78 is 12.2. The van der Waals surface area contributed by atoms with Gasteiger partial charge in [0.15, 0.2) is 6.61 Å². The van der Waals surface area contributed by atoms with Crippen molar-refractivity contribution in [2.75, 3.05) is 6.61 Å². The zero-order chi connectivity index (χ0) is 23.0. The van der Waals surface area contributed by atoms with Gasteiger partial charge < -0.3 is 9.47 Å². The van der Waals surface area contributed by atoms with Crippen LogP contribution in [0.25, 0.3) is 10.8 Å². The second-order valence-corrected chi connectivity index (χ2v) is 8.39. The highest BCUT2D eigenvalue weighted by molar-refractivity contribution is 9.10. The molecule has 33 heavy (non-hydrogen) atoms. The van der Waals surface area contributed by atoms with E-state index in [0.29, 0.717) is 17.4 Å². The molecular weight excluding hydrogens is 504 g/mol. The largest absolute Gasteiger partial charge is 0.489 e. The van der Waals surface area contributed by atoms with Crippen molar-refractivity contribution < 1.29 is 14.3 Å². The van der Waals surface area contributed by atoms with Gasteiger partial charge in [0.1, 0.15) is 18.1 Å². The molecule has 1 N–H and O–H groups in total. The number of hydrazone groups is 1.